The highest BCUT2D eigenvalue weighted by Gasteiger charge is 2.24. The molecular weight excluding hydrogens is 500 g/mol. The maximum atomic E-state index is 14.8. The van der Waals surface area contributed by atoms with Crippen molar-refractivity contribution >= 4 is 37.9 Å². The summed E-state index contributed by atoms with van der Waals surface area (Å²) < 4.78 is 57.4. The highest BCUT2D eigenvalue weighted by Crippen LogP contribution is 2.40. The number of carbonyl (C=O) groups excluding carboxylic acids is 1. The topological polar surface area (TPSA) is 132 Å². The van der Waals surface area contributed by atoms with Crippen LogP contribution in [0, 0.1) is 11.6 Å². The number of nitrogens with two attached hydrogens (primary N) is 1. The summed E-state index contributed by atoms with van der Waals surface area (Å²) >= 11 is 0.915. The van der Waals surface area contributed by atoms with Gasteiger partial charge in [-0.05, 0) is 49.7 Å². The second kappa shape index (κ2) is 10.4. The molecule has 4 N–H and O–H groups in total. The molecule has 0 unspecified atom stereocenters. The number of ether oxygens (including phenoxy) is 1. The van der Waals surface area contributed by atoms with E-state index in [1.807, 2.05) is 0 Å². The first-order chi connectivity index (χ1) is 16.2. The van der Waals surface area contributed by atoms with Gasteiger partial charge in [0.1, 0.15) is 32.3 Å². The molecule has 0 atom stereocenters. The summed E-state index contributed by atoms with van der Waals surface area (Å²) in [4.78, 5) is 16.5. The molecule has 3 aromatic rings. The Morgan fingerprint density at radius 2 is 1.89 bits per heavy atom. The molecule has 1 aromatic carbocycles. The smallest absolute Gasteiger partial charge is 0.251 e. The number of nitrogens with one attached hydrogen (secondary N) is 1. The van der Waals surface area contributed by atoms with Crippen molar-refractivity contribution in [2.24, 2.45) is 5.73 Å². The standard InChI is InChI=1S/C23H25F2N3O5S2/c1-23(2,30)13-9-16(24)20(17(25)10-13)18-11-15(21(26)29)22(34-18)28-19-6-4-5-14(27-19)12-33-7-8-35(3,31)32/h4-6,9-11,30H,7-8,12H2,1-3H3,(H2,26,29)(H,27,28). The van der Waals surface area contributed by atoms with Crippen LogP contribution in [0.1, 0.15) is 35.5 Å². The van der Waals surface area contributed by atoms with Crippen LogP contribution in [0.2, 0.25) is 0 Å². The van der Waals surface area contributed by atoms with Gasteiger partial charge in [0.05, 0.1) is 41.4 Å². The highest BCUT2D eigenvalue weighted by molar-refractivity contribution is 7.90. The molecule has 35 heavy (non-hydrogen) atoms. The van der Waals surface area contributed by atoms with Crippen LogP contribution in [0.25, 0.3) is 10.4 Å². The Balaban J connectivity index is 1.86. The number of benzene rings is 1. The van der Waals surface area contributed by atoms with E-state index in [-0.39, 0.29) is 45.5 Å². The quantitative estimate of drug-likeness (QED) is 0.344. The number of pyridine rings is 1. The molecule has 1 amide bonds. The number of aliphatic hydroxyl groups is 1. The van der Waals surface area contributed by atoms with Crippen molar-refractivity contribution in [3.63, 3.8) is 0 Å². The molecule has 2 aromatic heterocycles. The summed E-state index contributed by atoms with van der Waals surface area (Å²) in [5.41, 5.74) is 4.29. The number of nitrogens with zero attached hydrogens (tertiary/aromatic N) is 1. The van der Waals surface area contributed by atoms with Gasteiger partial charge in [0, 0.05) is 11.1 Å². The number of primary amides is 1. The Kier molecular flexibility index (Phi) is 7.90. The Labute approximate surface area is 205 Å². The zero-order valence-electron chi connectivity index (χ0n) is 19.3. The average molecular weight is 526 g/mol. The zero-order chi connectivity index (χ0) is 26.0. The molecule has 2 heterocycles. The maximum absolute atomic E-state index is 14.8. The van der Waals surface area contributed by atoms with Crippen LogP contribution in [0.4, 0.5) is 19.6 Å². The number of anilines is 2. The molecule has 8 nitrogen and oxygen atoms in total. The van der Waals surface area contributed by atoms with E-state index in [0.717, 1.165) is 29.7 Å². The molecule has 12 heteroatoms. The molecule has 188 valence electrons. The van der Waals surface area contributed by atoms with Gasteiger partial charge >= 0.3 is 0 Å². The Morgan fingerprint density at radius 1 is 1.23 bits per heavy atom. The van der Waals surface area contributed by atoms with Crippen LogP contribution < -0.4 is 11.1 Å². The van der Waals surface area contributed by atoms with E-state index < -0.39 is 33.0 Å². The van der Waals surface area contributed by atoms with Crippen LogP contribution in [-0.4, -0.2) is 43.0 Å². The van der Waals surface area contributed by atoms with Crippen LogP contribution >= 0.6 is 11.3 Å². The van der Waals surface area contributed by atoms with Crippen molar-refractivity contribution in [1.29, 1.82) is 0 Å². The van der Waals surface area contributed by atoms with Gasteiger partial charge in [-0.15, -0.1) is 11.3 Å². The van der Waals surface area contributed by atoms with E-state index in [2.05, 4.69) is 10.3 Å². The van der Waals surface area contributed by atoms with E-state index in [1.54, 1.807) is 18.2 Å². The summed E-state index contributed by atoms with van der Waals surface area (Å²) in [6, 6.07) is 8.35. The van der Waals surface area contributed by atoms with E-state index in [9.17, 15) is 27.1 Å². The Hall–Kier alpha value is -2.93. The number of hydrogen-bond donors (Lipinski definition) is 3. The van der Waals surface area contributed by atoms with Crippen molar-refractivity contribution in [2.75, 3.05) is 23.9 Å². The van der Waals surface area contributed by atoms with Crippen molar-refractivity contribution in [3.8, 4) is 10.4 Å². The summed E-state index contributed by atoms with van der Waals surface area (Å²) in [6.07, 6.45) is 1.12. The second-order valence-electron chi connectivity index (χ2n) is 8.41. The summed E-state index contributed by atoms with van der Waals surface area (Å²) in [7, 11) is -3.14. The zero-order valence-corrected chi connectivity index (χ0v) is 20.9. The molecule has 0 aliphatic heterocycles. The first-order valence-corrected chi connectivity index (χ1v) is 13.3. The lowest BCUT2D eigenvalue weighted by Gasteiger charge is -2.18. The van der Waals surface area contributed by atoms with E-state index in [4.69, 9.17) is 10.5 Å². The molecule has 0 saturated heterocycles. The summed E-state index contributed by atoms with van der Waals surface area (Å²) in [6.45, 7) is 2.91. The first kappa shape index (κ1) is 26.7. The molecular formula is C23H25F2N3O5S2. The van der Waals surface area contributed by atoms with E-state index in [1.165, 1.54) is 19.9 Å². The van der Waals surface area contributed by atoms with Crippen LogP contribution in [0.3, 0.4) is 0 Å². The van der Waals surface area contributed by atoms with Crippen LogP contribution in [0.5, 0.6) is 0 Å². The molecule has 0 bridgehead atoms. The third-order valence-electron chi connectivity index (χ3n) is 4.89. The van der Waals surface area contributed by atoms with Gasteiger partial charge in [-0.25, -0.2) is 22.2 Å². The molecule has 3 rings (SSSR count). The van der Waals surface area contributed by atoms with Crippen molar-refractivity contribution in [2.45, 2.75) is 26.1 Å². The van der Waals surface area contributed by atoms with Crippen molar-refractivity contribution in [1.82, 2.24) is 4.98 Å². The van der Waals surface area contributed by atoms with Crippen LogP contribution in [-0.2, 0) is 26.8 Å². The van der Waals surface area contributed by atoms with Crippen molar-refractivity contribution < 1.29 is 31.8 Å². The number of thiophene rings is 1. The number of rotatable bonds is 10. The lowest BCUT2D eigenvalue weighted by molar-refractivity contribution is 0.0778. The lowest BCUT2D eigenvalue weighted by Crippen LogP contribution is -2.16. The molecule has 0 radical (unpaired) electrons. The SMILES string of the molecule is CC(C)(O)c1cc(F)c(-c2cc(C(N)=O)c(Nc3cccc(COCCS(C)(=O)=O)n3)s2)c(F)c1. The predicted octanol–water partition coefficient (Wildman–Crippen LogP) is 3.72. The number of carbonyl (C=O) groups is 1. The van der Waals surface area contributed by atoms with Gasteiger partial charge < -0.3 is 20.9 Å². The van der Waals surface area contributed by atoms with Gasteiger partial charge in [-0.1, -0.05) is 6.07 Å². The monoisotopic (exact) mass is 525 g/mol. The molecule has 0 saturated carbocycles. The fraction of sp³-hybridized carbons (Fsp3) is 0.304. The number of hydrogen-bond acceptors (Lipinski definition) is 8. The fourth-order valence-electron chi connectivity index (χ4n) is 3.08. The predicted molar refractivity (Wildman–Crippen MR) is 130 cm³/mol. The molecule has 0 spiro atoms. The first-order valence-electron chi connectivity index (χ1n) is 10.4. The number of amides is 1. The Morgan fingerprint density at radius 3 is 2.46 bits per heavy atom. The minimum Gasteiger partial charge on any atom is -0.386 e. The lowest BCUT2D eigenvalue weighted by atomic mass is 9.96. The Bertz CT molecular complexity index is 1330. The number of sulfone groups is 1. The third-order valence-corrected chi connectivity index (χ3v) is 6.87. The fourth-order valence-corrected chi connectivity index (χ4v) is 4.62. The van der Waals surface area contributed by atoms with Gasteiger partial charge in [-0.2, -0.15) is 0 Å². The minimum atomic E-state index is -3.14. The maximum Gasteiger partial charge on any atom is 0.251 e. The second-order valence-corrected chi connectivity index (χ2v) is 11.7. The van der Waals surface area contributed by atoms with E-state index >= 15 is 0 Å². The number of halogens is 2. The largest absolute Gasteiger partial charge is 0.386 e. The van der Waals surface area contributed by atoms with Gasteiger partial charge in [0.2, 0.25) is 0 Å². The normalized spacial score (nSPS) is 12.1. The van der Waals surface area contributed by atoms with Gasteiger partial charge in [-0.3, -0.25) is 4.79 Å². The number of aromatic nitrogens is 1. The third kappa shape index (κ3) is 7.04. The molecule has 0 fully saturated rings. The van der Waals surface area contributed by atoms with Crippen LogP contribution in [0.15, 0.2) is 36.4 Å². The van der Waals surface area contributed by atoms with E-state index in [0.29, 0.717) is 11.5 Å². The average Bonchev–Trinajstić information content (AvgIpc) is 3.13. The molecule has 0 aliphatic rings. The summed E-state index contributed by atoms with van der Waals surface area (Å²) in [5.74, 6) is -2.38. The minimum absolute atomic E-state index is 0.0155. The van der Waals surface area contributed by atoms with Crippen molar-refractivity contribution in [3.05, 3.63) is 64.9 Å². The highest BCUT2D eigenvalue weighted by atomic mass is 32.2. The van der Waals surface area contributed by atoms with Gasteiger partial charge in [0.25, 0.3) is 5.91 Å². The molecule has 0 aliphatic carbocycles. The summed E-state index contributed by atoms with van der Waals surface area (Å²) in [5, 5.41) is 13.2. The van der Waals surface area contributed by atoms with Gasteiger partial charge in [0.15, 0.2) is 0 Å².